The molecule has 0 unspecified atom stereocenters. The molecule has 0 nitrogen and oxygen atoms in total. The summed E-state index contributed by atoms with van der Waals surface area (Å²) in [6, 6.07) is 86.3. The molecule has 0 heteroatoms. The maximum atomic E-state index is 2.35. The van der Waals surface area contributed by atoms with Gasteiger partial charge in [-0.2, -0.15) is 0 Å². The van der Waals surface area contributed by atoms with E-state index in [1.807, 2.05) is 0 Å². The minimum atomic E-state index is 1.22. The van der Waals surface area contributed by atoms with Crippen LogP contribution < -0.4 is 0 Å². The largest absolute Gasteiger partial charge is 0.0616 e. The van der Waals surface area contributed by atoms with E-state index in [-0.39, 0.29) is 0 Å². The first-order valence-electron chi connectivity index (χ1n) is 23.1. The van der Waals surface area contributed by atoms with E-state index in [4.69, 9.17) is 0 Å². The molecule has 0 N–H and O–H groups in total. The lowest BCUT2D eigenvalue weighted by molar-refractivity contribution is 1.64. The van der Waals surface area contributed by atoms with E-state index >= 15 is 0 Å². The van der Waals surface area contributed by atoms with Gasteiger partial charge in [-0.15, -0.1) is 0 Å². The Morgan fingerprint density at radius 3 is 0.652 bits per heavy atom. The van der Waals surface area contributed by atoms with Crippen LogP contribution in [-0.4, -0.2) is 0 Å². The topological polar surface area (TPSA) is 0 Å². The average Bonchev–Trinajstić information content (AvgIpc) is 3.91. The average molecular weight is 831 g/mol. The van der Waals surface area contributed by atoms with Crippen LogP contribution in [0.5, 0.6) is 0 Å². The molecule has 0 aromatic heterocycles. The summed E-state index contributed by atoms with van der Waals surface area (Å²) in [5.74, 6) is 0. The molecule has 2 aliphatic carbocycles. The molecule has 66 heavy (non-hydrogen) atoms. The standard InChI is InChI=1S/C66H38/c1-3-17-45-43(15-1)47-27-13-29-57-61(53-23-9-11-25-55(53)63(45)65(47)57)41-35-31-39(32-36-41)59-49-19-5-7-21-51(49)60(52-22-8-6-20-50(52)59)40-33-37-42(38-34-40)62-54-24-10-12-26-56(54)64-46-18-4-2-16-44(46)48-28-14-30-58(62)66(48)64/h1-38H. The Labute approximate surface area is 382 Å². The first-order chi connectivity index (χ1) is 32.8. The van der Waals surface area contributed by atoms with Crippen LogP contribution >= 0.6 is 0 Å². The Balaban J connectivity index is 0.887. The fraction of sp³-hybridized carbons (Fsp3) is 0. The third-order valence-electron chi connectivity index (χ3n) is 14.9. The van der Waals surface area contributed by atoms with Crippen LogP contribution in [0, 0.1) is 0 Å². The van der Waals surface area contributed by atoms with Crippen molar-refractivity contribution < 1.29 is 0 Å². The highest BCUT2D eigenvalue weighted by molar-refractivity contribution is 6.31. The van der Waals surface area contributed by atoms with Crippen molar-refractivity contribution in [3.05, 3.63) is 231 Å². The van der Waals surface area contributed by atoms with Gasteiger partial charge in [-0.05, 0) is 154 Å². The van der Waals surface area contributed by atoms with Gasteiger partial charge in [0.05, 0.1) is 0 Å². The van der Waals surface area contributed by atoms with Gasteiger partial charge in [-0.3, -0.25) is 0 Å². The molecule has 0 bridgehead atoms. The minimum absolute atomic E-state index is 1.22. The maximum Gasteiger partial charge on any atom is -0.00137 e. The van der Waals surface area contributed by atoms with Crippen molar-refractivity contribution in [3.63, 3.8) is 0 Å². The van der Waals surface area contributed by atoms with Crippen molar-refractivity contribution in [1.82, 2.24) is 0 Å². The van der Waals surface area contributed by atoms with E-state index in [1.165, 1.54) is 154 Å². The minimum Gasteiger partial charge on any atom is -0.0616 e. The monoisotopic (exact) mass is 830 g/mol. The van der Waals surface area contributed by atoms with Crippen molar-refractivity contribution in [3.8, 4) is 89.0 Å². The highest BCUT2D eigenvalue weighted by Crippen LogP contribution is 2.55. The maximum absolute atomic E-state index is 2.35. The molecular formula is C66H38. The summed E-state index contributed by atoms with van der Waals surface area (Å²) < 4.78 is 0. The summed E-state index contributed by atoms with van der Waals surface area (Å²) >= 11 is 0. The van der Waals surface area contributed by atoms with E-state index in [0.29, 0.717) is 0 Å². The smallest absolute Gasteiger partial charge is 0.00137 e. The van der Waals surface area contributed by atoms with Crippen LogP contribution in [0.3, 0.4) is 0 Å². The van der Waals surface area contributed by atoms with E-state index in [1.54, 1.807) is 0 Å². The van der Waals surface area contributed by atoms with Crippen molar-refractivity contribution in [2.24, 2.45) is 0 Å². The molecule has 0 spiro atoms. The number of benzene rings is 13. The summed E-state index contributed by atoms with van der Waals surface area (Å²) in [5, 5.41) is 15.6. The Hall–Kier alpha value is -8.58. The summed E-state index contributed by atoms with van der Waals surface area (Å²) in [6.07, 6.45) is 0. The van der Waals surface area contributed by atoms with E-state index in [9.17, 15) is 0 Å². The predicted octanol–water partition coefficient (Wildman–Crippen LogP) is 18.6. The zero-order chi connectivity index (χ0) is 43.0. The first-order valence-corrected chi connectivity index (χ1v) is 23.1. The molecule has 13 aromatic rings. The molecule has 0 aliphatic heterocycles. The second-order valence-electron chi connectivity index (χ2n) is 18.1. The molecule has 302 valence electrons. The summed E-state index contributed by atoms with van der Waals surface area (Å²) in [5.41, 5.74) is 20.7. The molecule has 2 aliphatic rings. The molecule has 0 atom stereocenters. The zero-order valence-corrected chi connectivity index (χ0v) is 35.9. The van der Waals surface area contributed by atoms with Gasteiger partial charge >= 0.3 is 0 Å². The van der Waals surface area contributed by atoms with Gasteiger partial charge in [0, 0.05) is 0 Å². The zero-order valence-electron chi connectivity index (χ0n) is 35.9. The molecule has 0 saturated carbocycles. The van der Waals surface area contributed by atoms with Crippen LogP contribution in [-0.2, 0) is 0 Å². The molecule has 0 fully saturated rings. The van der Waals surface area contributed by atoms with Crippen LogP contribution in [0.4, 0.5) is 0 Å². The van der Waals surface area contributed by atoms with Crippen molar-refractivity contribution in [2.75, 3.05) is 0 Å². The van der Waals surface area contributed by atoms with Crippen LogP contribution in [0.2, 0.25) is 0 Å². The highest BCUT2D eigenvalue weighted by Gasteiger charge is 2.28. The lowest BCUT2D eigenvalue weighted by Gasteiger charge is -2.19. The Morgan fingerprint density at radius 1 is 0.136 bits per heavy atom. The van der Waals surface area contributed by atoms with Gasteiger partial charge in [0.2, 0.25) is 0 Å². The molecular weight excluding hydrogens is 793 g/mol. The second kappa shape index (κ2) is 13.5. The fourth-order valence-electron chi connectivity index (χ4n) is 12.3. The molecule has 13 aromatic carbocycles. The lowest BCUT2D eigenvalue weighted by atomic mass is 9.84. The third kappa shape index (κ3) is 4.77. The van der Waals surface area contributed by atoms with Crippen molar-refractivity contribution >= 4 is 64.6 Å². The lowest BCUT2D eigenvalue weighted by Crippen LogP contribution is -1.92. The number of fused-ring (bicyclic) bond motifs is 12. The summed E-state index contributed by atoms with van der Waals surface area (Å²) in [7, 11) is 0. The van der Waals surface area contributed by atoms with Gasteiger partial charge in [-0.1, -0.05) is 231 Å². The van der Waals surface area contributed by atoms with Gasteiger partial charge in [0.1, 0.15) is 0 Å². The Morgan fingerprint density at radius 2 is 0.348 bits per heavy atom. The molecule has 0 heterocycles. The first kappa shape index (κ1) is 35.8. The van der Waals surface area contributed by atoms with Crippen molar-refractivity contribution in [1.29, 1.82) is 0 Å². The predicted molar refractivity (Wildman–Crippen MR) is 282 cm³/mol. The van der Waals surface area contributed by atoms with E-state index in [2.05, 4.69) is 231 Å². The quantitative estimate of drug-likeness (QED) is 0.155. The van der Waals surface area contributed by atoms with Gasteiger partial charge in [0.25, 0.3) is 0 Å². The Kier molecular flexibility index (Phi) is 7.31. The van der Waals surface area contributed by atoms with Gasteiger partial charge in [-0.25, -0.2) is 0 Å². The number of rotatable bonds is 4. The molecule has 15 rings (SSSR count). The summed E-state index contributed by atoms with van der Waals surface area (Å²) in [6.45, 7) is 0. The normalized spacial score (nSPS) is 12.2. The molecule has 0 saturated heterocycles. The number of hydrogen-bond acceptors (Lipinski definition) is 0. The number of hydrogen-bond donors (Lipinski definition) is 0. The molecule has 0 radical (unpaired) electrons. The van der Waals surface area contributed by atoms with Gasteiger partial charge in [0.15, 0.2) is 0 Å². The highest BCUT2D eigenvalue weighted by atomic mass is 14.3. The van der Waals surface area contributed by atoms with Crippen LogP contribution in [0.1, 0.15) is 0 Å². The SMILES string of the molecule is c1ccc2c(c1)-c1cccc3c(-c4ccc(-c5c6ccccc6c(-c6ccc(-c7c8ccccc8c8c9c(cccc79)-c7ccccc7-8)cc6)c6ccccc56)cc4)c4ccccc4c-2c13. The van der Waals surface area contributed by atoms with E-state index in [0.717, 1.165) is 0 Å². The van der Waals surface area contributed by atoms with E-state index < -0.39 is 0 Å². The molecule has 0 amide bonds. The van der Waals surface area contributed by atoms with Crippen molar-refractivity contribution in [2.45, 2.75) is 0 Å². The summed E-state index contributed by atoms with van der Waals surface area (Å²) in [4.78, 5) is 0. The van der Waals surface area contributed by atoms with Crippen LogP contribution in [0.15, 0.2) is 231 Å². The fourth-order valence-corrected chi connectivity index (χ4v) is 12.3. The Bertz CT molecular complexity index is 3910. The van der Waals surface area contributed by atoms with Gasteiger partial charge < -0.3 is 0 Å². The third-order valence-corrected chi connectivity index (χ3v) is 14.9. The van der Waals surface area contributed by atoms with Crippen LogP contribution in [0.25, 0.3) is 154 Å². The second-order valence-corrected chi connectivity index (χ2v) is 18.1.